The predicted octanol–water partition coefficient (Wildman–Crippen LogP) is 1.57. The second-order valence-electron chi connectivity index (χ2n) is 5.61. The standard InChI is InChI=1S/C14H26N4O/c1-11(2)19-7-6-17(3)13(8-15)14-9-16-10-18(14)12-4-5-12/h9-13H,4-8,15H2,1-3H3. The number of imidazole rings is 1. The SMILES string of the molecule is CC(C)OCCN(C)C(CN)c1cncn1C1CC1. The smallest absolute Gasteiger partial charge is 0.0951 e. The summed E-state index contributed by atoms with van der Waals surface area (Å²) < 4.78 is 7.90. The van der Waals surface area contributed by atoms with Gasteiger partial charge in [0.1, 0.15) is 0 Å². The van der Waals surface area contributed by atoms with Gasteiger partial charge in [-0.1, -0.05) is 0 Å². The van der Waals surface area contributed by atoms with Crippen LogP contribution < -0.4 is 5.73 Å². The number of hydrogen-bond donors (Lipinski definition) is 1. The molecule has 108 valence electrons. The molecule has 1 aliphatic carbocycles. The topological polar surface area (TPSA) is 56.3 Å². The fourth-order valence-corrected chi connectivity index (χ4v) is 2.35. The molecule has 1 atom stereocenters. The Balaban J connectivity index is 1.96. The lowest BCUT2D eigenvalue weighted by molar-refractivity contribution is 0.0557. The molecular formula is C14H26N4O. The summed E-state index contributed by atoms with van der Waals surface area (Å²) in [5, 5.41) is 0. The van der Waals surface area contributed by atoms with Crippen LogP contribution in [0.3, 0.4) is 0 Å². The van der Waals surface area contributed by atoms with Gasteiger partial charge in [-0.15, -0.1) is 0 Å². The molecule has 1 unspecified atom stereocenters. The van der Waals surface area contributed by atoms with Crippen LogP contribution in [-0.4, -0.2) is 47.3 Å². The largest absolute Gasteiger partial charge is 0.377 e. The van der Waals surface area contributed by atoms with E-state index >= 15 is 0 Å². The highest BCUT2D eigenvalue weighted by atomic mass is 16.5. The summed E-state index contributed by atoms with van der Waals surface area (Å²) in [4.78, 5) is 6.55. The molecule has 0 saturated heterocycles. The van der Waals surface area contributed by atoms with E-state index in [2.05, 4.69) is 35.3 Å². The second-order valence-corrected chi connectivity index (χ2v) is 5.61. The lowest BCUT2D eigenvalue weighted by Crippen LogP contribution is -2.34. The van der Waals surface area contributed by atoms with Crippen molar-refractivity contribution in [3.05, 3.63) is 18.2 Å². The normalized spacial score (nSPS) is 17.4. The van der Waals surface area contributed by atoms with Crippen LogP contribution in [-0.2, 0) is 4.74 Å². The van der Waals surface area contributed by atoms with Crippen LogP contribution >= 0.6 is 0 Å². The molecule has 0 aliphatic heterocycles. The lowest BCUT2D eigenvalue weighted by Gasteiger charge is -2.28. The van der Waals surface area contributed by atoms with Crippen LogP contribution in [0.25, 0.3) is 0 Å². The zero-order valence-electron chi connectivity index (χ0n) is 12.2. The molecule has 5 nitrogen and oxygen atoms in total. The first-order valence-corrected chi connectivity index (χ1v) is 7.17. The Bertz CT molecular complexity index is 387. The maximum Gasteiger partial charge on any atom is 0.0951 e. The fraction of sp³-hybridized carbons (Fsp3) is 0.786. The molecule has 1 saturated carbocycles. The predicted molar refractivity (Wildman–Crippen MR) is 76.0 cm³/mol. The van der Waals surface area contributed by atoms with Gasteiger partial charge in [0, 0.05) is 25.3 Å². The molecule has 0 spiro atoms. The number of ether oxygens (including phenoxy) is 1. The highest BCUT2D eigenvalue weighted by Gasteiger charge is 2.28. The molecule has 1 heterocycles. The van der Waals surface area contributed by atoms with E-state index in [1.54, 1.807) is 0 Å². The zero-order chi connectivity index (χ0) is 13.8. The number of nitrogens with zero attached hydrogens (tertiary/aromatic N) is 3. The van der Waals surface area contributed by atoms with E-state index in [9.17, 15) is 0 Å². The molecule has 0 amide bonds. The average Bonchev–Trinajstić information content (AvgIpc) is 3.10. The average molecular weight is 266 g/mol. The third-order valence-electron chi connectivity index (χ3n) is 3.63. The van der Waals surface area contributed by atoms with Crippen LogP contribution in [0.2, 0.25) is 0 Å². The maximum absolute atomic E-state index is 5.96. The molecule has 0 radical (unpaired) electrons. The minimum atomic E-state index is 0.221. The first-order valence-electron chi connectivity index (χ1n) is 7.17. The Kier molecular flexibility index (Phi) is 4.96. The van der Waals surface area contributed by atoms with E-state index in [-0.39, 0.29) is 12.1 Å². The van der Waals surface area contributed by atoms with Gasteiger partial charge in [-0.3, -0.25) is 4.90 Å². The third-order valence-corrected chi connectivity index (χ3v) is 3.63. The Morgan fingerprint density at radius 3 is 2.84 bits per heavy atom. The van der Waals surface area contributed by atoms with Gasteiger partial charge in [0.25, 0.3) is 0 Å². The molecule has 1 aromatic heterocycles. The summed E-state index contributed by atoms with van der Waals surface area (Å²) in [5.74, 6) is 0. The van der Waals surface area contributed by atoms with Crippen molar-refractivity contribution in [1.82, 2.24) is 14.5 Å². The van der Waals surface area contributed by atoms with Crippen LogP contribution in [0.1, 0.15) is 44.5 Å². The van der Waals surface area contributed by atoms with E-state index in [0.717, 1.165) is 13.2 Å². The molecule has 0 bridgehead atoms. The molecular weight excluding hydrogens is 240 g/mol. The third kappa shape index (κ3) is 3.78. The lowest BCUT2D eigenvalue weighted by atomic mass is 10.2. The summed E-state index contributed by atoms with van der Waals surface area (Å²) in [7, 11) is 2.10. The summed E-state index contributed by atoms with van der Waals surface area (Å²) in [6, 6.07) is 0.866. The number of hydrogen-bond acceptors (Lipinski definition) is 4. The monoisotopic (exact) mass is 266 g/mol. The van der Waals surface area contributed by atoms with Gasteiger partial charge in [0.05, 0.1) is 30.8 Å². The molecule has 1 aromatic rings. The van der Waals surface area contributed by atoms with Crippen molar-refractivity contribution in [2.45, 2.75) is 44.9 Å². The number of nitrogens with two attached hydrogens (primary N) is 1. The van der Waals surface area contributed by atoms with Gasteiger partial charge in [-0.05, 0) is 33.7 Å². The number of rotatable bonds is 8. The number of aromatic nitrogens is 2. The van der Waals surface area contributed by atoms with Gasteiger partial charge in [0.2, 0.25) is 0 Å². The highest BCUT2D eigenvalue weighted by Crippen LogP contribution is 2.37. The van der Waals surface area contributed by atoms with Crippen LogP contribution in [0.5, 0.6) is 0 Å². The minimum Gasteiger partial charge on any atom is -0.377 e. The minimum absolute atomic E-state index is 0.221. The summed E-state index contributed by atoms with van der Waals surface area (Å²) >= 11 is 0. The molecule has 5 heteroatoms. The van der Waals surface area contributed by atoms with Gasteiger partial charge in [0.15, 0.2) is 0 Å². The Morgan fingerprint density at radius 1 is 1.53 bits per heavy atom. The van der Waals surface area contributed by atoms with Crippen molar-refractivity contribution < 1.29 is 4.74 Å². The van der Waals surface area contributed by atoms with Crippen molar-refractivity contribution in [3.63, 3.8) is 0 Å². The van der Waals surface area contributed by atoms with Crippen molar-refractivity contribution >= 4 is 0 Å². The van der Waals surface area contributed by atoms with Crippen molar-refractivity contribution in [3.8, 4) is 0 Å². The van der Waals surface area contributed by atoms with Gasteiger partial charge in [-0.25, -0.2) is 4.98 Å². The van der Waals surface area contributed by atoms with E-state index in [4.69, 9.17) is 10.5 Å². The van der Waals surface area contributed by atoms with E-state index in [1.807, 2.05) is 12.5 Å². The molecule has 19 heavy (non-hydrogen) atoms. The van der Waals surface area contributed by atoms with Crippen molar-refractivity contribution in [2.24, 2.45) is 5.73 Å². The van der Waals surface area contributed by atoms with E-state index < -0.39 is 0 Å². The van der Waals surface area contributed by atoms with E-state index in [0.29, 0.717) is 12.6 Å². The van der Waals surface area contributed by atoms with Gasteiger partial charge >= 0.3 is 0 Å². The first kappa shape index (κ1) is 14.5. The van der Waals surface area contributed by atoms with Crippen LogP contribution in [0.4, 0.5) is 0 Å². The van der Waals surface area contributed by atoms with E-state index in [1.165, 1.54) is 18.5 Å². The zero-order valence-corrected chi connectivity index (χ0v) is 12.2. The fourth-order valence-electron chi connectivity index (χ4n) is 2.35. The van der Waals surface area contributed by atoms with Crippen LogP contribution in [0.15, 0.2) is 12.5 Å². The van der Waals surface area contributed by atoms with Crippen LogP contribution in [0, 0.1) is 0 Å². The molecule has 2 rings (SSSR count). The summed E-state index contributed by atoms with van der Waals surface area (Å²) in [6.45, 7) is 6.35. The summed E-state index contributed by atoms with van der Waals surface area (Å²) in [5.41, 5.74) is 7.20. The molecule has 1 fully saturated rings. The molecule has 2 N–H and O–H groups in total. The van der Waals surface area contributed by atoms with Gasteiger partial charge in [-0.2, -0.15) is 0 Å². The Morgan fingerprint density at radius 2 is 2.26 bits per heavy atom. The Hall–Kier alpha value is -0.910. The first-order chi connectivity index (χ1) is 9.13. The second kappa shape index (κ2) is 6.50. The number of likely N-dealkylation sites (N-methyl/N-ethyl adjacent to an activating group) is 1. The molecule has 0 aromatic carbocycles. The van der Waals surface area contributed by atoms with Gasteiger partial charge < -0.3 is 15.0 Å². The quantitative estimate of drug-likeness (QED) is 0.776. The molecule has 1 aliphatic rings. The van der Waals surface area contributed by atoms with Crippen molar-refractivity contribution in [2.75, 3.05) is 26.7 Å². The highest BCUT2D eigenvalue weighted by molar-refractivity contribution is 5.09. The maximum atomic E-state index is 5.96. The Labute approximate surface area is 115 Å². The summed E-state index contributed by atoms with van der Waals surface area (Å²) in [6.07, 6.45) is 6.70. The van der Waals surface area contributed by atoms with Crippen molar-refractivity contribution in [1.29, 1.82) is 0 Å².